The molecule has 2 aliphatic carbocycles. The van der Waals surface area contributed by atoms with E-state index in [2.05, 4.69) is 6.58 Å². The topological polar surface area (TPSA) is 17.1 Å². The average Bonchev–Trinajstić information content (AvgIpc) is 2.48. The van der Waals surface area contributed by atoms with Crippen LogP contribution in [-0.4, -0.2) is 10.7 Å². The highest BCUT2D eigenvalue weighted by atomic mass is 35.5. The number of fused-ring (bicyclic) bond motifs is 1. The molecule has 1 fully saturated rings. The third-order valence-electron chi connectivity index (χ3n) is 2.66. The minimum atomic E-state index is -0.766. The maximum atomic E-state index is 11.4. The highest BCUT2D eigenvalue weighted by molar-refractivity contribution is 6.40. The molecule has 2 aliphatic rings. The molecule has 3 atom stereocenters. The standard InChI is InChI=1S/C9H9ClO/c1-2-9(10)7-5-3-4-6(7)8(9)11/h2-3,5-7H,1,4H2/t6-,7+,9-/m0/s1. The summed E-state index contributed by atoms with van der Waals surface area (Å²) < 4.78 is 0. The van der Waals surface area contributed by atoms with Crippen LogP contribution in [0.4, 0.5) is 0 Å². The zero-order chi connectivity index (χ0) is 8.06. The SMILES string of the molecule is C=C[C@@]1(Cl)C(=O)[C@H]2CC=C[C@H]21. The molecule has 2 rings (SSSR count). The van der Waals surface area contributed by atoms with Gasteiger partial charge in [0.15, 0.2) is 5.78 Å². The fourth-order valence-electron chi connectivity index (χ4n) is 1.94. The first-order chi connectivity index (χ1) is 5.20. The largest absolute Gasteiger partial charge is 0.297 e. The molecule has 0 aliphatic heterocycles. The molecule has 1 nitrogen and oxygen atoms in total. The van der Waals surface area contributed by atoms with Crippen molar-refractivity contribution < 1.29 is 4.79 Å². The summed E-state index contributed by atoms with van der Waals surface area (Å²) in [4.78, 5) is 10.6. The van der Waals surface area contributed by atoms with Crippen molar-refractivity contribution in [3.63, 3.8) is 0 Å². The van der Waals surface area contributed by atoms with E-state index in [-0.39, 0.29) is 17.6 Å². The van der Waals surface area contributed by atoms with Gasteiger partial charge in [0, 0.05) is 11.8 Å². The minimum absolute atomic E-state index is 0.143. The van der Waals surface area contributed by atoms with Gasteiger partial charge < -0.3 is 0 Å². The van der Waals surface area contributed by atoms with Gasteiger partial charge in [0.2, 0.25) is 0 Å². The summed E-state index contributed by atoms with van der Waals surface area (Å²) in [6, 6.07) is 0. The molecule has 0 aromatic carbocycles. The van der Waals surface area contributed by atoms with Gasteiger partial charge in [-0.1, -0.05) is 18.2 Å². The van der Waals surface area contributed by atoms with E-state index in [1.54, 1.807) is 6.08 Å². The number of alkyl halides is 1. The second-order valence-electron chi connectivity index (χ2n) is 3.13. The zero-order valence-electron chi connectivity index (χ0n) is 6.09. The summed E-state index contributed by atoms with van der Waals surface area (Å²) in [7, 11) is 0. The summed E-state index contributed by atoms with van der Waals surface area (Å²) in [6.07, 6.45) is 6.49. The van der Waals surface area contributed by atoms with Gasteiger partial charge in [0.1, 0.15) is 4.87 Å². The van der Waals surface area contributed by atoms with Gasteiger partial charge in [-0.15, -0.1) is 18.2 Å². The summed E-state index contributed by atoms with van der Waals surface area (Å²) in [5.74, 6) is 0.517. The minimum Gasteiger partial charge on any atom is -0.297 e. The Morgan fingerprint density at radius 2 is 2.55 bits per heavy atom. The van der Waals surface area contributed by atoms with Crippen LogP contribution >= 0.6 is 11.6 Å². The lowest BCUT2D eigenvalue weighted by Gasteiger charge is -2.43. The van der Waals surface area contributed by atoms with Crippen LogP contribution in [0.3, 0.4) is 0 Å². The number of carbonyl (C=O) groups excluding carboxylic acids is 1. The highest BCUT2D eigenvalue weighted by Crippen LogP contribution is 2.51. The molecule has 1 saturated carbocycles. The van der Waals surface area contributed by atoms with Gasteiger partial charge in [-0.3, -0.25) is 4.79 Å². The molecule has 11 heavy (non-hydrogen) atoms. The van der Waals surface area contributed by atoms with Crippen LogP contribution in [-0.2, 0) is 4.79 Å². The summed E-state index contributed by atoms with van der Waals surface area (Å²) in [6.45, 7) is 3.58. The number of allylic oxidation sites excluding steroid dienone is 3. The predicted molar refractivity (Wildman–Crippen MR) is 44.5 cm³/mol. The normalized spacial score (nSPS) is 46.8. The lowest BCUT2D eigenvalue weighted by Crippen LogP contribution is -2.56. The maximum Gasteiger partial charge on any atom is 0.162 e. The van der Waals surface area contributed by atoms with Gasteiger partial charge in [-0.2, -0.15) is 0 Å². The quantitative estimate of drug-likeness (QED) is 0.432. The molecule has 0 aromatic rings. The van der Waals surface area contributed by atoms with Gasteiger partial charge >= 0.3 is 0 Å². The molecule has 58 valence electrons. The molecule has 0 N–H and O–H groups in total. The lowest BCUT2D eigenvalue weighted by molar-refractivity contribution is -0.134. The Bertz CT molecular complexity index is 256. The number of hydrogen-bond acceptors (Lipinski definition) is 1. The smallest absolute Gasteiger partial charge is 0.162 e. The van der Waals surface area contributed by atoms with Crippen molar-refractivity contribution in [2.75, 3.05) is 0 Å². The second-order valence-corrected chi connectivity index (χ2v) is 3.76. The van der Waals surface area contributed by atoms with Crippen molar-refractivity contribution in [2.24, 2.45) is 11.8 Å². The van der Waals surface area contributed by atoms with E-state index in [1.165, 1.54) is 0 Å². The third-order valence-corrected chi connectivity index (χ3v) is 3.26. The van der Waals surface area contributed by atoms with Gasteiger partial charge in [0.05, 0.1) is 0 Å². The Labute approximate surface area is 70.7 Å². The fraction of sp³-hybridized carbons (Fsp3) is 0.444. The van der Waals surface area contributed by atoms with E-state index in [0.717, 1.165) is 6.42 Å². The number of hydrogen-bond donors (Lipinski definition) is 0. The molecule has 0 spiro atoms. The van der Waals surface area contributed by atoms with Crippen LogP contribution in [0.5, 0.6) is 0 Å². The summed E-state index contributed by atoms with van der Waals surface area (Å²) in [5.41, 5.74) is 0. The summed E-state index contributed by atoms with van der Waals surface area (Å²) >= 11 is 6.02. The van der Waals surface area contributed by atoms with Crippen molar-refractivity contribution in [1.82, 2.24) is 0 Å². The van der Waals surface area contributed by atoms with Crippen LogP contribution < -0.4 is 0 Å². The van der Waals surface area contributed by atoms with Crippen molar-refractivity contribution in [3.8, 4) is 0 Å². The number of rotatable bonds is 1. The van der Waals surface area contributed by atoms with Gasteiger partial charge in [0.25, 0.3) is 0 Å². The van der Waals surface area contributed by atoms with Crippen LogP contribution in [0.1, 0.15) is 6.42 Å². The zero-order valence-corrected chi connectivity index (χ0v) is 6.84. The molecule has 2 heteroatoms. The monoisotopic (exact) mass is 168 g/mol. The van der Waals surface area contributed by atoms with Crippen molar-refractivity contribution in [3.05, 3.63) is 24.8 Å². The van der Waals surface area contributed by atoms with Crippen LogP contribution in [0.15, 0.2) is 24.8 Å². The summed E-state index contributed by atoms with van der Waals surface area (Å²) in [5, 5.41) is 0. The van der Waals surface area contributed by atoms with Gasteiger partial charge in [-0.05, 0) is 6.42 Å². The van der Waals surface area contributed by atoms with Crippen molar-refractivity contribution >= 4 is 17.4 Å². The Balaban J connectivity index is 2.33. The Morgan fingerprint density at radius 3 is 3.18 bits per heavy atom. The Hall–Kier alpha value is -0.560. The van der Waals surface area contributed by atoms with E-state index < -0.39 is 4.87 Å². The van der Waals surface area contributed by atoms with E-state index >= 15 is 0 Å². The molecular formula is C9H9ClO. The molecule has 0 heterocycles. The third kappa shape index (κ3) is 0.646. The number of carbonyl (C=O) groups is 1. The van der Waals surface area contributed by atoms with Crippen LogP contribution in [0.25, 0.3) is 0 Å². The number of Topliss-reactive ketones (excluding diaryl/α,β-unsaturated/α-hetero) is 1. The molecule has 0 radical (unpaired) electrons. The number of ketones is 1. The first-order valence-corrected chi connectivity index (χ1v) is 4.11. The van der Waals surface area contributed by atoms with Crippen molar-refractivity contribution in [2.45, 2.75) is 11.3 Å². The van der Waals surface area contributed by atoms with Crippen LogP contribution in [0.2, 0.25) is 0 Å². The first-order valence-electron chi connectivity index (χ1n) is 3.73. The van der Waals surface area contributed by atoms with E-state index in [9.17, 15) is 4.79 Å². The lowest BCUT2D eigenvalue weighted by atomic mass is 9.64. The predicted octanol–water partition coefficient (Wildman–Crippen LogP) is 1.93. The number of halogens is 1. The highest BCUT2D eigenvalue weighted by Gasteiger charge is 2.59. The second kappa shape index (κ2) is 1.98. The maximum absolute atomic E-state index is 11.4. The molecule has 0 unspecified atom stereocenters. The fourth-order valence-corrected chi connectivity index (χ4v) is 2.31. The average molecular weight is 169 g/mol. The Kier molecular flexibility index (Phi) is 1.28. The first kappa shape index (κ1) is 7.11. The molecule has 0 saturated heterocycles. The molecule has 0 aromatic heterocycles. The van der Waals surface area contributed by atoms with Crippen molar-refractivity contribution in [1.29, 1.82) is 0 Å². The van der Waals surface area contributed by atoms with Gasteiger partial charge in [-0.25, -0.2) is 0 Å². The Morgan fingerprint density at radius 1 is 1.82 bits per heavy atom. The van der Waals surface area contributed by atoms with Crippen LogP contribution in [0, 0.1) is 11.8 Å². The molecular weight excluding hydrogens is 160 g/mol. The molecule has 0 amide bonds. The van der Waals surface area contributed by atoms with E-state index in [0.29, 0.717) is 0 Å². The van der Waals surface area contributed by atoms with E-state index in [4.69, 9.17) is 11.6 Å². The molecule has 0 bridgehead atoms. The van der Waals surface area contributed by atoms with E-state index in [1.807, 2.05) is 12.2 Å².